The molecule has 0 aromatic heterocycles. The van der Waals surface area contributed by atoms with Crippen LogP contribution in [0.2, 0.25) is 0 Å². The second kappa shape index (κ2) is 10.1. The summed E-state index contributed by atoms with van der Waals surface area (Å²) in [5, 5.41) is 13.3. The molecule has 0 radical (unpaired) electrons. The van der Waals surface area contributed by atoms with Gasteiger partial charge in [0.1, 0.15) is 0 Å². The summed E-state index contributed by atoms with van der Waals surface area (Å²) >= 11 is 0. The van der Waals surface area contributed by atoms with E-state index in [2.05, 4.69) is 12.2 Å². The van der Waals surface area contributed by atoms with Crippen molar-refractivity contribution in [3.05, 3.63) is 0 Å². The first-order valence-electron chi connectivity index (χ1n) is 6.69. The average Bonchev–Trinajstić information content (AvgIpc) is 2.32. The van der Waals surface area contributed by atoms with Gasteiger partial charge in [0.15, 0.2) is 0 Å². The van der Waals surface area contributed by atoms with E-state index in [1.807, 2.05) is 13.8 Å². The van der Waals surface area contributed by atoms with Crippen LogP contribution in [0.25, 0.3) is 0 Å². The van der Waals surface area contributed by atoms with E-state index in [4.69, 9.17) is 4.74 Å². The fourth-order valence-corrected chi connectivity index (χ4v) is 1.47. The Morgan fingerprint density at radius 3 is 2.25 bits per heavy atom. The average molecular weight is 231 g/mol. The quantitative estimate of drug-likeness (QED) is 0.536. The van der Waals surface area contributed by atoms with E-state index >= 15 is 0 Å². The Bertz CT molecular complexity index is 147. The van der Waals surface area contributed by atoms with Crippen molar-refractivity contribution in [3.63, 3.8) is 0 Å². The second-order valence-electron chi connectivity index (χ2n) is 4.43. The standard InChI is InChI=1S/C13H29NO2/c1-4-7-10-16-11-8-9-14-12-13(15,5-2)6-3/h14-15H,4-12H2,1-3H3. The van der Waals surface area contributed by atoms with Gasteiger partial charge in [0.2, 0.25) is 0 Å². The summed E-state index contributed by atoms with van der Waals surface area (Å²) in [5.41, 5.74) is -0.525. The minimum atomic E-state index is -0.525. The maximum absolute atomic E-state index is 10.0. The van der Waals surface area contributed by atoms with Crippen molar-refractivity contribution < 1.29 is 9.84 Å². The number of nitrogens with one attached hydrogen (secondary N) is 1. The molecule has 0 unspecified atom stereocenters. The van der Waals surface area contributed by atoms with Crippen LogP contribution >= 0.6 is 0 Å². The maximum Gasteiger partial charge on any atom is 0.0766 e. The first-order valence-corrected chi connectivity index (χ1v) is 6.69. The lowest BCUT2D eigenvalue weighted by atomic mass is 9.98. The SMILES string of the molecule is CCCCOCCCNCC(O)(CC)CC. The fourth-order valence-electron chi connectivity index (χ4n) is 1.47. The molecule has 0 heterocycles. The molecule has 0 aromatic rings. The molecule has 98 valence electrons. The molecule has 16 heavy (non-hydrogen) atoms. The van der Waals surface area contributed by atoms with Crippen molar-refractivity contribution in [2.24, 2.45) is 0 Å². The van der Waals surface area contributed by atoms with E-state index in [-0.39, 0.29) is 0 Å². The van der Waals surface area contributed by atoms with Crippen molar-refractivity contribution in [1.29, 1.82) is 0 Å². The smallest absolute Gasteiger partial charge is 0.0766 e. The van der Waals surface area contributed by atoms with Gasteiger partial charge >= 0.3 is 0 Å². The van der Waals surface area contributed by atoms with Crippen LogP contribution in [0.4, 0.5) is 0 Å². The van der Waals surface area contributed by atoms with Gasteiger partial charge in [0.25, 0.3) is 0 Å². The van der Waals surface area contributed by atoms with Gasteiger partial charge in [0.05, 0.1) is 5.60 Å². The zero-order valence-corrected chi connectivity index (χ0v) is 11.2. The van der Waals surface area contributed by atoms with Crippen LogP contribution in [-0.2, 0) is 4.74 Å². The molecule has 0 bridgehead atoms. The van der Waals surface area contributed by atoms with Gasteiger partial charge in [-0.3, -0.25) is 0 Å². The third-order valence-corrected chi connectivity index (χ3v) is 3.05. The Kier molecular flexibility index (Phi) is 9.99. The highest BCUT2D eigenvalue weighted by molar-refractivity contribution is 4.77. The molecule has 0 saturated carbocycles. The molecule has 0 fully saturated rings. The lowest BCUT2D eigenvalue weighted by Crippen LogP contribution is -2.39. The molecule has 0 amide bonds. The van der Waals surface area contributed by atoms with E-state index in [0.29, 0.717) is 6.54 Å². The Morgan fingerprint density at radius 2 is 1.69 bits per heavy atom. The van der Waals surface area contributed by atoms with Crippen molar-refractivity contribution in [3.8, 4) is 0 Å². The molecule has 0 saturated heterocycles. The van der Waals surface area contributed by atoms with Crippen LogP contribution in [0.3, 0.4) is 0 Å². The van der Waals surface area contributed by atoms with E-state index in [0.717, 1.165) is 45.4 Å². The van der Waals surface area contributed by atoms with Crippen LogP contribution < -0.4 is 5.32 Å². The normalized spacial score (nSPS) is 12.0. The van der Waals surface area contributed by atoms with Crippen LogP contribution in [0.15, 0.2) is 0 Å². The zero-order chi connectivity index (χ0) is 12.3. The minimum absolute atomic E-state index is 0.525. The topological polar surface area (TPSA) is 41.5 Å². The van der Waals surface area contributed by atoms with Gasteiger partial charge < -0.3 is 15.2 Å². The molecule has 3 nitrogen and oxygen atoms in total. The summed E-state index contributed by atoms with van der Waals surface area (Å²) in [4.78, 5) is 0. The molecule has 2 N–H and O–H groups in total. The Morgan fingerprint density at radius 1 is 1.06 bits per heavy atom. The molecule has 0 aliphatic carbocycles. The van der Waals surface area contributed by atoms with Gasteiger partial charge in [-0.05, 0) is 32.2 Å². The summed E-state index contributed by atoms with van der Waals surface area (Å²) in [7, 11) is 0. The Balaban J connectivity index is 3.26. The number of unbranched alkanes of at least 4 members (excludes halogenated alkanes) is 1. The first-order chi connectivity index (χ1) is 7.68. The van der Waals surface area contributed by atoms with Gasteiger partial charge in [0, 0.05) is 19.8 Å². The van der Waals surface area contributed by atoms with Crippen molar-refractivity contribution >= 4 is 0 Å². The highest BCUT2D eigenvalue weighted by atomic mass is 16.5. The first kappa shape index (κ1) is 15.9. The predicted octanol–water partition coefficient (Wildman–Crippen LogP) is 2.33. The second-order valence-corrected chi connectivity index (χ2v) is 4.43. The van der Waals surface area contributed by atoms with Crippen molar-refractivity contribution in [2.75, 3.05) is 26.3 Å². The van der Waals surface area contributed by atoms with E-state index in [9.17, 15) is 5.11 Å². The summed E-state index contributed by atoms with van der Waals surface area (Å²) in [5.74, 6) is 0. The van der Waals surface area contributed by atoms with Crippen molar-refractivity contribution in [2.45, 2.75) is 58.5 Å². The predicted molar refractivity (Wildman–Crippen MR) is 68.7 cm³/mol. The number of rotatable bonds is 11. The van der Waals surface area contributed by atoms with Crippen LogP contribution in [0.1, 0.15) is 52.9 Å². The number of hydrogen-bond acceptors (Lipinski definition) is 3. The molecule has 0 aliphatic heterocycles. The largest absolute Gasteiger partial charge is 0.389 e. The lowest BCUT2D eigenvalue weighted by molar-refractivity contribution is 0.0319. The zero-order valence-electron chi connectivity index (χ0n) is 11.2. The van der Waals surface area contributed by atoms with Gasteiger partial charge in [-0.1, -0.05) is 27.2 Å². The molecule has 0 rings (SSSR count). The lowest BCUT2D eigenvalue weighted by Gasteiger charge is -2.25. The van der Waals surface area contributed by atoms with Crippen molar-refractivity contribution in [1.82, 2.24) is 5.32 Å². The summed E-state index contributed by atoms with van der Waals surface area (Å²) < 4.78 is 5.46. The maximum atomic E-state index is 10.0. The van der Waals surface area contributed by atoms with Crippen LogP contribution in [-0.4, -0.2) is 37.0 Å². The van der Waals surface area contributed by atoms with Gasteiger partial charge in [-0.25, -0.2) is 0 Å². The third kappa shape index (κ3) is 8.08. The minimum Gasteiger partial charge on any atom is -0.389 e. The highest BCUT2D eigenvalue weighted by Gasteiger charge is 2.20. The summed E-state index contributed by atoms with van der Waals surface area (Å²) in [6.07, 6.45) is 4.98. The Hall–Kier alpha value is -0.120. The van der Waals surface area contributed by atoms with Crippen LogP contribution in [0, 0.1) is 0 Å². The number of aliphatic hydroxyl groups is 1. The summed E-state index contributed by atoms with van der Waals surface area (Å²) in [6, 6.07) is 0. The molecular formula is C13H29NO2. The third-order valence-electron chi connectivity index (χ3n) is 3.05. The number of ether oxygens (including phenoxy) is 1. The van der Waals surface area contributed by atoms with Crippen LogP contribution in [0.5, 0.6) is 0 Å². The fraction of sp³-hybridized carbons (Fsp3) is 1.00. The molecule has 3 heteroatoms. The number of hydrogen-bond donors (Lipinski definition) is 2. The molecule has 0 atom stereocenters. The molecular weight excluding hydrogens is 202 g/mol. The highest BCUT2D eigenvalue weighted by Crippen LogP contribution is 2.12. The molecule has 0 spiro atoms. The monoisotopic (exact) mass is 231 g/mol. The van der Waals surface area contributed by atoms with Gasteiger partial charge in [-0.15, -0.1) is 0 Å². The van der Waals surface area contributed by atoms with Gasteiger partial charge in [-0.2, -0.15) is 0 Å². The van der Waals surface area contributed by atoms with E-state index in [1.54, 1.807) is 0 Å². The molecule has 0 aromatic carbocycles. The molecule has 0 aliphatic rings. The van der Waals surface area contributed by atoms with E-state index in [1.165, 1.54) is 6.42 Å². The Labute approximate surface area is 101 Å². The van der Waals surface area contributed by atoms with E-state index < -0.39 is 5.60 Å². The summed E-state index contributed by atoms with van der Waals surface area (Å²) in [6.45, 7) is 9.54.